The van der Waals surface area contributed by atoms with Crippen molar-refractivity contribution in [2.45, 2.75) is 110 Å². The van der Waals surface area contributed by atoms with E-state index in [9.17, 15) is 4.39 Å². The molecule has 2 rings (SSSR count). The van der Waals surface area contributed by atoms with Crippen molar-refractivity contribution in [3.63, 3.8) is 0 Å². The Balaban J connectivity index is 1.96. The molecule has 0 nitrogen and oxygen atoms in total. The predicted molar refractivity (Wildman–Crippen MR) is 149 cm³/mol. The summed E-state index contributed by atoms with van der Waals surface area (Å²) in [5.74, 6) is 1.47. The summed E-state index contributed by atoms with van der Waals surface area (Å²) in [5.41, 5.74) is 4.19. The summed E-state index contributed by atoms with van der Waals surface area (Å²) in [5, 5.41) is 0. The van der Waals surface area contributed by atoms with Gasteiger partial charge in [-0.15, -0.1) is 0 Å². The molecule has 1 aliphatic carbocycles. The maximum atomic E-state index is 13.8. The Morgan fingerprint density at radius 1 is 1.09 bits per heavy atom. The lowest BCUT2D eigenvalue weighted by Crippen LogP contribution is -2.32. The van der Waals surface area contributed by atoms with Gasteiger partial charge in [-0.3, -0.25) is 0 Å². The summed E-state index contributed by atoms with van der Waals surface area (Å²) in [6.07, 6.45) is 17.6. The van der Waals surface area contributed by atoms with Crippen molar-refractivity contribution in [3.05, 3.63) is 84.0 Å². The van der Waals surface area contributed by atoms with Gasteiger partial charge < -0.3 is 0 Å². The minimum Gasteiger partial charge on any atom is -0.244 e. The van der Waals surface area contributed by atoms with Crippen LogP contribution in [0.5, 0.6) is 0 Å². The molecule has 0 spiro atoms. The second kappa shape index (κ2) is 13.3. The van der Waals surface area contributed by atoms with Gasteiger partial charge in [0.05, 0.1) is 0 Å². The second-order valence-corrected chi connectivity index (χ2v) is 11.5. The smallest absolute Gasteiger partial charge is 0.105 e. The monoisotopic (exact) mass is 464 g/mol. The molecule has 1 heteroatoms. The van der Waals surface area contributed by atoms with E-state index in [0.717, 1.165) is 17.9 Å². The maximum absolute atomic E-state index is 13.8. The maximum Gasteiger partial charge on any atom is 0.105 e. The van der Waals surface area contributed by atoms with E-state index in [-0.39, 0.29) is 0 Å². The van der Waals surface area contributed by atoms with Crippen LogP contribution in [0.1, 0.15) is 110 Å². The van der Waals surface area contributed by atoms with Crippen LogP contribution in [-0.4, -0.2) is 5.67 Å². The molecule has 0 bridgehead atoms. The van der Waals surface area contributed by atoms with Gasteiger partial charge in [-0.25, -0.2) is 4.39 Å². The minimum atomic E-state index is -1.14. The molecule has 0 saturated heterocycles. The van der Waals surface area contributed by atoms with Crippen LogP contribution in [0.15, 0.2) is 78.4 Å². The predicted octanol–water partition coefficient (Wildman–Crippen LogP) is 10.7. The average molecular weight is 465 g/mol. The summed E-state index contributed by atoms with van der Waals surface area (Å²) in [6, 6.07) is 11.2. The number of hydrogen-bond donors (Lipinski definition) is 0. The van der Waals surface area contributed by atoms with Gasteiger partial charge in [0, 0.05) is 0 Å². The molecule has 34 heavy (non-hydrogen) atoms. The van der Waals surface area contributed by atoms with Crippen LogP contribution in [0, 0.1) is 11.3 Å². The molecular weight excluding hydrogens is 415 g/mol. The molecule has 1 aromatic rings. The van der Waals surface area contributed by atoms with Crippen LogP contribution in [0.3, 0.4) is 0 Å². The van der Waals surface area contributed by atoms with E-state index in [1.165, 1.54) is 61.7 Å². The van der Waals surface area contributed by atoms with Crippen LogP contribution in [-0.2, 0) is 0 Å². The summed E-state index contributed by atoms with van der Waals surface area (Å²) in [4.78, 5) is 0. The first-order chi connectivity index (χ1) is 16.1. The molecule has 188 valence electrons. The average Bonchev–Trinajstić information content (AvgIpc) is 2.78. The molecular formula is C33H49F. The Hall–Kier alpha value is -1.89. The van der Waals surface area contributed by atoms with Crippen LogP contribution < -0.4 is 0 Å². The fourth-order valence-electron chi connectivity index (χ4n) is 6.03. The number of alkyl halides is 1. The lowest BCUT2D eigenvalue weighted by molar-refractivity contribution is 0.100. The number of rotatable bonds is 13. The second-order valence-electron chi connectivity index (χ2n) is 11.5. The van der Waals surface area contributed by atoms with Gasteiger partial charge in [0.1, 0.15) is 5.67 Å². The molecule has 0 aliphatic heterocycles. The van der Waals surface area contributed by atoms with Crippen molar-refractivity contribution in [1.29, 1.82) is 0 Å². The zero-order valence-corrected chi connectivity index (χ0v) is 22.6. The number of benzene rings is 1. The number of halogens is 1. The Kier molecular flexibility index (Phi) is 11.1. The summed E-state index contributed by atoms with van der Waals surface area (Å²) >= 11 is 0. The molecule has 0 radical (unpaired) electrons. The molecule has 1 fully saturated rings. The van der Waals surface area contributed by atoms with Crippen molar-refractivity contribution in [3.8, 4) is 0 Å². The highest BCUT2D eigenvalue weighted by atomic mass is 19.1. The standard InChI is InChI=1S/C33H49F/c1-8-20-33(24-27(4)23-31(25-33)30-15-11-10-12-16-30)21-13-14-28(5)29(9-2)18-17-26(3)19-22-32(6,7)34/h9-12,15-18,27,31H,3,5,8,13-14,19-25H2,1-2,4,6-7H3/b18-17-,29-9+. The van der Waals surface area contributed by atoms with Gasteiger partial charge in [0.25, 0.3) is 0 Å². The molecule has 1 aromatic carbocycles. The van der Waals surface area contributed by atoms with E-state index in [4.69, 9.17) is 0 Å². The SMILES string of the molecule is C=C(/C=C\C(=C/C)C(=C)CCCC1(CCC)CC(C)CC(c2ccccc2)C1)CCC(C)(C)F. The lowest BCUT2D eigenvalue weighted by Gasteiger charge is -2.44. The Bertz CT molecular complexity index is 835. The van der Waals surface area contributed by atoms with Gasteiger partial charge in [-0.1, -0.05) is 87.6 Å². The molecule has 0 N–H and O–H groups in total. The first-order valence-electron chi connectivity index (χ1n) is 13.5. The van der Waals surface area contributed by atoms with Crippen molar-refractivity contribution in [2.24, 2.45) is 11.3 Å². The van der Waals surface area contributed by atoms with E-state index in [1.807, 2.05) is 6.08 Å². The molecule has 1 aliphatic rings. The topological polar surface area (TPSA) is 0 Å². The van der Waals surface area contributed by atoms with Crippen LogP contribution in [0.25, 0.3) is 0 Å². The third-order valence-electron chi connectivity index (χ3n) is 7.64. The van der Waals surface area contributed by atoms with E-state index in [2.05, 4.69) is 76.4 Å². The zero-order valence-electron chi connectivity index (χ0n) is 22.6. The molecule has 3 unspecified atom stereocenters. The van der Waals surface area contributed by atoms with Crippen LogP contribution in [0.2, 0.25) is 0 Å². The zero-order chi connectivity index (χ0) is 25.2. The molecule has 3 atom stereocenters. The molecule has 1 saturated carbocycles. The summed E-state index contributed by atoms with van der Waals surface area (Å²) < 4.78 is 13.8. The van der Waals surface area contributed by atoms with Crippen molar-refractivity contribution in [1.82, 2.24) is 0 Å². The summed E-state index contributed by atoms with van der Waals surface area (Å²) in [6.45, 7) is 18.6. The van der Waals surface area contributed by atoms with Gasteiger partial charge >= 0.3 is 0 Å². The minimum absolute atomic E-state index is 0.451. The van der Waals surface area contributed by atoms with Gasteiger partial charge in [-0.2, -0.15) is 0 Å². The lowest BCUT2D eigenvalue weighted by atomic mass is 9.60. The quantitative estimate of drug-likeness (QED) is 0.255. The third kappa shape index (κ3) is 9.40. The van der Waals surface area contributed by atoms with Crippen molar-refractivity contribution >= 4 is 0 Å². The highest BCUT2D eigenvalue weighted by molar-refractivity contribution is 5.40. The van der Waals surface area contributed by atoms with E-state index >= 15 is 0 Å². The molecule has 0 heterocycles. The van der Waals surface area contributed by atoms with Crippen molar-refractivity contribution in [2.75, 3.05) is 0 Å². The fourth-order valence-corrected chi connectivity index (χ4v) is 6.03. The van der Waals surface area contributed by atoms with Crippen LogP contribution >= 0.6 is 0 Å². The number of hydrogen-bond acceptors (Lipinski definition) is 0. The highest BCUT2D eigenvalue weighted by Gasteiger charge is 2.38. The van der Waals surface area contributed by atoms with Gasteiger partial charge in [-0.05, 0) is 113 Å². The first kappa shape index (κ1) is 28.3. The molecule has 0 aromatic heterocycles. The normalized spacial score (nSPS) is 23.9. The largest absolute Gasteiger partial charge is 0.244 e. The number of allylic oxidation sites excluding steroid dienone is 6. The Morgan fingerprint density at radius 2 is 1.79 bits per heavy atom. The van der Waals surface area contributed by atoms with Gasteiger partial charge in [0.15, 0.2) is 0 Å². The van der Waals surface area contributed by atoms with Gasteiger partial charge in [0.2, 0.25) is 0 Å². The van der Waals surface area contributed by atoms with E-state index in [1.54, 1.807) is 13.8 Å². The van der Waals surface area contributed by atoms with Crippen molar-refractivity contribution < 1.29 is 4.39 Å². The van der Waals surface area contributed by atoms with E-state index in [0.29, 0.717) is 24.2 Å². The van der Waals surface area contributed by atoms with Crippen LogP contribution in [0.4, 0.5) is 4.39 Å². The van der Waals surface area contributed by atoms with E-state index < -0.39 is 5.67 Å². The Morgan fingerprint density at radius 3 is 2.41 bits per heavy atom. The highest BCUT2D eigenvalue weighted by Crippen LogP contribution is 2.51. The Labute approximate surface area is 210 Å². The summed E-state index contributed by atoms with van der Waals surface area (Å²) in [7, 11) is 0. The third-order valence-corrected chi connectivity index (χ3v) is 7.64. The first-order valence-corrected chi connectivity index (χ1v) is 13.5. The molecule has 0 amide bonds. The fraction of sp³-hybridized carbons (Fsp3) is 0.576.